The van der Waals surface area contributed by atoms with Gasteiger partial charge in [0.25, 0.3) is 0 Å². The topological polar surface area (TPSA) is 12.0 Å². The molecule has 1 rings (SSSR count). The van der Waals surface area contributed by atoms with E-state index in [4.69, 9.17) is 0 Å². The first kappa shape index (κ1) is 13.0. The van der Waals surface area contributed by atoms with E-state index in [1.165, 1.54) is 25.8 Å². The largest absolute Gasteiger partial charge is 0.312 e. The van der Waals surface area contributed by atoms with E-state index in [2.05, 4.69) is 46.9 Å². The van der Waals surface area contributed by atoms with Crippen LogP contribution in [0.2, 0.25) is 0 Å². The van der Waals surface area contributed by atoms with Gasteiger partial charge in [-0.15, -0.1) is 0 Å². The first-order valence-electron chi connectivity index (χ1n) is 6.48. The number of hydrogen-bond acceptors (Lipinski definition) is 1. The van der Waals surface area contributed by atoms with Gasteiger partial charge in [0.05, 0.1) is 0 Å². The molecule has 0 heterocycles. The van der Waals surface area contributed by atoms with Crippen molar-refractivity contribution in [1.29, 1.82) is 0 Å². The molecule has 1 aliphatic carbocycles. The Morgan fingerprint density at radius 1 is 1.33 bits per heavy atom. The molecule has 0 bridgehead atoms. The minimum Gasteiger partial charge on any atom is -0.312 e. The molecule has 0 aromatic heterocycles. The lowest BCUT2D eigenvalue weighted by atomic mass is 9.94. The molecule has 0 amide bonds. The van der Waals surface area contributed by atoms with Gasteiger partial charge in [0.15, 0.2) is 0 Å². The van der Waals surface area contributed by atoms with Crippen molar-refractivity contribution in [2.75, 3.05) is 6.54 Å². The lowest BCUT2D eigenvalue weighted by Gasteiger charge is -2.21. The highest BCUT2D eigenvalue weighted by atomic mass is 15.0. The summed E-state index contributed by atoms with van der Waals surface area (Å²) in [6.45, 7) is 15.1. The van der Waals surface area contributed by atoms with E-state index in [-0.39, 0.29) is 5.54 Å². The third kappa shape index (κ3) is 4.55. The highest BCUT2D eigenvalue weighted by Gasteiger charge is 2.48. The zero-order chi connectivity index (χ0) is 11.7. The highest BCUT2D eigenvalue weighted by molar-refractivity contribution is 5.00. The summed E-state index contributed by atoms with van der Waals surface area (Å²) >= 11 is 0. The SMILES string of the molecule is CC(C)CCC1(C)CC1CNC(C)(C)C. The molecule has 2 unspecified atom stereocenters. The van der Waals surface area contributed by atoms with Crippen LogP contribution >= 0.6 is 0 Å². The minimum atomic E-state index is 0.279. The molecule has 0 aromatic rings. The van der Waals surface area contributed by atoms with Crippen LogP contribution in [0.4, 0.5) is 0 Å². The molecule has 1 heteroatoms. The Kier molecular flexibility index (Phi) is 3.86. The third-order valence-electron chi connectivity index (χ3n) is 3.71. The van der Waals surface area contributed by atoms with Crippen molar-refractivity contribution in [2.24, 2.45) is 17.3 Å². The Hall–Kier alpha value is -0.0400. The molecule has 0 spiro atoms. The van der Waals surface area contributed by atoms with E-state index in [9.17, 15) is 0 Å². The Balaban J connectivity index is 2.20. The predicted molar refractivity (Wildman–Crippen MR) is 68.0 cm³/mol. The number of rotatable bonds is 5. The summed E-state index contributed by atoms with van der Waals surface area (Å²) in [5.74, 6) is 1.79. The van der Waals surface area contributed by atoms with E-state index in [1.54, 1.807) is 0 Å². The van der Waals surface area contributed by atoms with Crippen LogP contribution in [-0.2, 0) is 0 Å². The Morgan fingerprint density at radius 2 is 1.93 bits per heavy atom. The monoisotopic (exact) mass is 211 g/mol. The Labute approximate surface area is 96.0 Å². The average Bonchev–Trinajstić information content (AvgIpc) is 2.70. The molecule has 1 aliphatic rings. The zero-order valence-corrected chi connectivity index (χ0v) is 11.5. The van der Waals surface area contributed by atoms with E-state index in [1.807, 2.05) is 0 Å². The summed E-state index contributed by atoms with van der Waals surface area (Å²) in [6.07, 6.45) is 4.24. The molecule has 2 atom stereocenters. The van der Waals surface area contributed by atoms with Crippen LogP contribution in [0.15, 0.2) is 0 Å². The van der Waals surface area contributed by atoms with Crippen molar-refractivity contribution in [3.63, 3.8) is 0 Å². The van der Waals surface area contributed by atoms with Gasteiger partial charge in [0.2, 0.25) is 0 Å². The Morgan fingerprint density at radius 3 is 2.40 bits per heavy atom. The lowest BCUT2D eigenvalue weighted by Crippen LogP contribution is -2.37. The molecule has 1 fully saturated rings. The molecule has 0 saturated heterocycles. The molecule has 1 saturated carbocycles. The van der Waals surface area contributed by atoms with Gasteiger partial charge < -0.3 is 5.32 Å². The number of hydrogen-bond donors (Lipinski definition) is 1. The van der Waals surface area contributed by atoms with Crippen molar-refractivity contribution >= 4 is 0 Å². The fourth-order valence-corrected chi connectivity index (χ4v) is 2.18. The van der Waals surface area contributed by atoms with Gasteiger partial charge in [0.1, 0.15) is 0 Å². The van der Waals surface area contributed by atoms with E-state index in [0.717, 1.165) is 11.8 Å². The van der Waals surface area contributed by atoms with Crippen molar-refractivity contribution in [2.45, 2.75) is 66.3 Å². The van der Waals surface area contributed by atoms with Crippen LogP contribution in [0.1, 0.15) is 60.8 Å². The summed E-state index contributed by atoms with van der Waals surface area (Å²) < 4.78 is 0. The minimum absolute atomic E-state index is 0.279. The van der Waals surface area contributed by atoms with E-state index >= 15 is 0 Å². The van der Waals surface area contributed by atoms with Crippen LogP contribution in [0.5, 0.6) is 0 Å². The third-order valence-corrected chi connectivity index (χ3v) is 3.71. The summed E-state index contributed by atoms with van der Waals surface area (Å²) in [5, 5.41) is 3.63. The van der Waals surface area contributed by atoms with Crippen LogP contribution in [0, 0.1) is 17.3 Å². The normalized spacial score (nSPS) is 31.0. The van der Waals surface area contributed by atoms with Crippen LogP contribution in [0.3, 0.4) is 0 Å². The van der Waals surface area contributed by atoms with Crippen molar-refractivity contribution in [3.8, 4) is 0 Å². The van der Waals surface area contributed by atoms with Gasteiger partial charge >= 0.3 is 0 Å². The summed E-state index contributed by atoms with van der Waals surface area (Å²) in [5.41, 5.74) is 0.935. The van der Waals surface area contributed by atoms with Crippen molar-refractivity contribution < 1.29 is 0 Å². The van der Waals surface area contributed by atoms with Crippen LogP contribution in [0.25, 0.3) is 0 Å². The maximum absolute atomic E-state index is 3.63. The van der Waals surface area contributed by atoms with Crippen molar-refractivity contribution in [3.05, 3.63) is 0 Å². The van der Waals surface area contributed by atoms with Gasteiger partial charge in [-0.25, -0.2) is 0 Å². The molecule has 1 nitrogen and oxygen atoms in total. The molecule has 0 radical (unpaired) electrons. The summed E-state index contributed by atoms with van der Waals surface area (Å²) in [7, 11) is 0. The van der Waals surface area contributed by atoms with E-state index < -0.39 is 0 Å². The lowest BCUT2D eigenvalue weighted by molar-refractivity contribution is 0.361. The molecule has 0 aromatic carbocycles. The zero-order valence-electron chi connectivity index (χ0n) is 11.5. The highest BCUT2D eigenvalue weighted by Crippen LogP contribution is 2.55. The second-order valence-electron chi connectivity index (χ2n) is 7.12. The quantitative estimate of drug-likeness (QED) is 0.728. The standard InChI is InChI=1S/C14H29N/c1-11(2)7-8-14(6)9-12(14)10-15-13(3,4)5/h11-12,15H,7-10H2,1-6H3. The van der Waals surface area contributed by atoms with Gasteiger partial charge in [-0.2, -0.15) is 0 Å². The summed E-state index contributed by atoms with van der Waals surface area (Å²) in [4.78, 5) is 0. The first-order valence-corrected chi connectivity index (χ1v) is 6.48. The molecular weight excluding hydrogens is 182 g/mol. The molecule has 15 heavy (non-hydrogen) atoms. The summed E-state index contributed by atoms with van der Waals surface area (Å²) in [6, 6.07) is 0. The molecule has 90 valence electrons. The van der Waals surface area contributed by atoms with Gasteiger partial charge in [0, 0.05) is 5.54 Å². The van der Waals surface area contributed by atoms with Gasteiger partial charge in [-0.3, -0.25) is 0 Å². The molecule has 1 N–H and O–H groups in total. The Bertz CT molecular complexity index is 202. The fraction of sp³-hybridized carbons (Fsp3) is 1.00. The number of nitrogens with one attached hydrogen (secondary N) is 1. The second kappa shape index (κ2) is 4.45. The first-order chi connectivity index (χ1) is 6.73. The van der Waals surface area contributed by atoms with Crippen molar-refractivity contribution in [1.82, 2.24) is 5.32 Å². The average molecular weight is 211 g/mol. The van der Waals surface area contributed by atoms with Crippen LogP contribution in [-0.4, -0.2) is 12.1 Å². The fourth-order valence-electron chi connectivity index (χ4n) is 2.18. The maximum Gasteiger partial charge on any atom is 0.00966 e. The predicted octanol–water partition coefficient (Wildman–Crippen LogP) is 3.84. The molecule has 0 aliphatic heterocycles. The smallest absolute Gasteiger partial charge is 0.00966 e. The van der Waals surface area contributed by atoms with Crippen LogP contribution < -0.4 is 5.32 Å². The molecular formula is C14H29N. The second-order valence-corrected chi connectivity index (χ2v) is 7.12. The maximum atomic E-state index is 3.63. The van der Waals surface area contributed by atoms with E-state index in [0.29, 0.717) is 5.41 Å². The van der Waals surface area contributed by atoms with Gasteiger partial charge in [-0.05, 0) is 57.4 Å². The van der Waals surface area contributed by atoms with Gasteiger partial charge in [-0.1, -0.05) is 27.2 Å².